The number of alkyl halides is 3. The number of aromatic nitrogens is 2. The molecule has 1 amide bonds. The molecular formula is C27H38F3N7O. The number of hydrogen-bond acceptors (Lipinski definition) is 7. The predicted octanol–water partition coefficient (Wildman–Crippen LogP) is 4.83. The highest BCUT2D eigenvalue weighted by Crippen LogP contribution is 2.35. The van der Waals surface area contributed by atoms with Gasteiger partial charge in [-0.3, -0.25) is 4.79 Å². The van der Waals surface area contributed by atoms with Gasteiger partial charge in [0.15, 0.2) is 0 Å². The molecule has 0 bridgehead atoms. The van der Waals surface area contributed by atoms with E-state index in [1.807, 2.05) is 12.1 Å². The van der Waals surface area contributed by atoms with Crippen LogP contribution in [0.5, 0.6) is 0 Å². The van der Waals surface area contributed by atoms with Gasteiger partial charge < -0.3 is 25.8 Å². The van der Waals surface area contributed by atoms with Crippen LogP contribution in [0, 0.1) is 5.92 Å². The zero-order valence-corrected chi connectivity index (χ0v) is 22.4. The number of nitrogens with one attached hydrogen (secondary N) is 3. The van der Waals surface area contributed by atoms with Gasteiger partial charge in [-0.25, -0.2) is 4.98 Å². The van der Waals surface area contributed by atoms with Gasteiger partial charge >= 0.3 is 6.18 Å². The minimum absolute atomic E-state index is 0.0281. The third kappa shape index (κ3) is 7.06. The van der Waals surface area contributed by atoms with Gasteiger partial charge in [-0.05, 0) is 56.0 Å². The Bertz CT molecular complexity index is 1100. The largest absolute Gasteiger partial charge is 0.421 e. The van der Waals surface area contributed by atoms with Crippen molar-refractivity contribution in [3.05, 3.63) is 35.5 Å². The molecule has 3 N–H and O–H groups in total. The van der Waals surface area contributed by atoms with Crippen molar-refractivity contribution < 1.29 is 18.0 Å². The Morgan fingerprint density at radius 3 is 2.50 bits per heavy atom. The van der Waals surface area contributed by atoms with Gasteiger partial charge in [0.25, 0.3) is 0 Å². The Kier molecular flexibility index (Phi) is 8.96. The lowest BCUT2D eigenvalue weighted by atomic mass is 9.85. The van der Waals surface area contributed by atoms with E-state index in [2.05, 4.69) is 62.7 Å². The van der Waals surface area contributed by atoms with Gasteiger partial charge in [0, 0.05) is 62.8 Å². The van der Waals surface area contributed by atoms with E-state index in [0.29, 0.717) is 13.0 Å². The van der Waals surface area contributed by atoms with Crippen molar-refractivity contribution in [2.24, 2.45) is 5.92 Å². The van der Waals surface area contributed by atoms with Crippen molar-refractivity contribution in [1.29, 1.82) is 0 Å². The van der Waals surface area contributed by atoms with Crippen molar-refractivity contribution in [3.8, 4) is 0 Å². The molecular weight excluding hydrogens is 495 g/mol. The lowest BCUT2D eigenvalue weighted by Crippen LogP contribution is -2.44. The lowest BCUT2D eigenvalue weighted by Gasteiger charge is -2.34. The number of halogens is 3. The van der Waals surface area contributed by atoms with E-state index in [1.165, 1.54) is 0 Å². The van der Waals surface area contributed by atoms with Crippen LogP contribution in [-0.2, 0) is 11.0 Å². The minimum Gasteiger partial charge on any atom is -0.369 e. The number of carbonyl (C=O) groups is 1. The molecule has 1 aliphatic carbocycles. The standard InChI is InChI=1S/C27H38F3N7O/c1-18(2)21-16-20(37-14-12-36(3)13-15-37)8-9-23(21)34-26-33-17-22(27(28,29)30)24(35-26)31-10-5-11-32-25(38)19-6-4-7-19/h8-9,16-19H,4-7,10-15H2,1-3H3,(H,32,38)(H2,31,33,34,35). The average molecular weight is 534 g/mol. The molecule has 2 aliphatic rings. The maximum Gasteiger partial charge on any atom is 0.421 e. The Morgan fingerprint density at radius 2 is 1.87 bits per heavy atom. The summed E-state index contributed by atoms with van der Waals surface area (Å²) in [6.45, 7) is 8.69. The van der Waals surface area contributed by atoms with Gasteiger partial charge in [-0.2, -0.15) is 18.2 Å². The maximum atomic E-state index is 13.6. The highest BCUT2D eigenvalue weighted by molar-refractivity contribution is 5.79. The SMILES string of the molecule is CC(C)c1cc(N2CCN(C)CC2)ccc1Nc1ncc(C(F)(F)F)c(NCCCNC(=O)C2CCC2)n1. The van der Waals surface area contributed by atoms with E-state index in [-0.39, 0.29) is 36.1 Å². The molecule has 1 aromatic heterocycles. The third-order valence-corrected chi connectivity index (χ3v) is 7.29. The molecule has 1 aromatic carbocycles. The minimum atomic E-state index is -4.59. The van der Waals surface area contributed by atoms with Gasteiger partial charge in [-0.15, -0.1) is 0 Å². The van der Waals surface area contributed by atoms with E-state index >= 15 is 0 Å². The molecule has 11 heteroatoms. The van der Waals surface area contributed by atoms with Crippen LogP contribution in [0.3, 0.4) is 0 Å². The molecule has 0 radical (unpaired) electrons. The Morgan fingerprint density at radius 1 is 1.13 bits per heavy atom. The summed E-state index contributed by atoms with van der Waals surface area (Å²) >= 11 is 0. The molecule has 2 aromatic rings. The number of carbonyl (C=O) groups excluding carboxylic acids is 1. The van der Waals surface area contributed by atoms with E-state index in [9.17, 15) is 18.0 Å². The molecule has 0 spiro atoms. The second-order valence-corrected chi connectivity index (χ2v) is 10.5. The molecule has 0 unspecified atom stereocenters. The molecule has 2 heterocycles. The monoisotopic (exact) mass is 533 g/mol. The van der Waals surface area contributed by atoms with Crippen LogP contribution in [0.25, 0.3) is 0 Å². The van der Waals surface area contributed by atoms with Crippen molar-refractivity contribution in [2.45, 2.75) is 51.6 Å². The first-order valence-corrected chi connectivity index (χ1v) is 13.4. The Labute approximate surface area is 222 Å². The summed E-state index contributed by atoms with van der Waals surface area (Å²) < 4.78 is 40.9. The number of likely N-dealkylation sites (N-methyl/N-ethyl adjacent to an activating group) is 1. The zero-order chi connectivity index (χ0) is 27.3. The second kappa shape index (κ2) is 12.2. The normalized spacial score (nSPS) is 16.9. The third-order valence-electron chi connectivity index (χ3n) is 7.29. The maximum absolute atomic E-state index is 13.6. The highest BCUT2D eigenvalue weighted by atomic mass is 19.4. The highest BCUT2D eigenvalue weighted by Gasteiger charge is 2.35. The second-order valence-electron chi connectivity index (χ2n) is 10.5. The van der Waals surface area contributed by atoms with E-state index in [1.54, 1.807) is 0 Å². The van der Waals surface area contributed by atoms with Crippen LogP contribution >= 0.6 is 0 Å². The first-order chi connectivity index (χ1) is 18.1. The average Bonchev–Trinajstić information content (AvgIpc) is 2.83. The van der Waals surface area contributed by atoms with Crippen molar-refractivity contribution >= 4 is 29.0 Å². The summed E-state index contributed by atoms with van der Waals surface area (Å²) in [4.78, 5) is 24.7. The number of anilines is 4. The lowest BCUT2D eigenvalue weighted by molar-refractivity contribution is -0.137. The topological polar surface area (TPSA) is 85.4 Å². The molecule has 208 valence electrons. The van der Waals surface area contributed by atoms with Crippen LogP contribution in [0.1, 0.15) is 56.6 Å². The van der Waals surface area contributed by atoms with Crippen LogP contribution in [-0.4, -0.2) is 67.1 Å². The summed E-state index contributed by atoms with van der Waals surface area (Å²) in [5.74, 6) is 0.114. The van der Waals surface area contributed by atoms with Crippen LogP contribution in [0.15, 0.2) is 24.4 Å². The molecule has 1 saturated heterocycles. The van der Waals surface area contributed by atoms with Crippen LogP contribution in [0.2, 0.25) is 0 Å². The van der Waals surface area contributed by atoms with Crippen molar-refractivity contribution in [2.75, 3.05) is 61.8 Å². The summed E-state index contributed by atoms with van der Waals surface area (Å²) in [6.07, 6.45) is -0.410. The number of benzene rings is 1. The molecule has 38 heavy (non-hydrogen) atoms. The predicted molar refractivity (Wildman–Crippen MR) is 144 cm³/mol. The van der Waals surface area contributed by atoms with Crippen molar-refractivity contribution in [3.63, 3.8) is 0 Å². The van der Waals surface area contributed by atoms with E-state index in [0.717, 1.165) is 68.6 Å². The van der Waals surface area contributed by atoms with Gasteiger partial charge in [0.05, 0.1) is 0 Å². The number of amides is 1. The molecule has 1 aliphatic heterocycles. The number of piperazine rings is 1. The first-order valence-electron chi connectivity index (χ1n) is 13.4. The molecule has 1 saturated carbocycles. The van der Waals surface area contributed by atoms with E-state index in [4.69, 9.17) is 0 Å². The number of hydrogen-bond donors (Lipinski definition) is 3. The van der Waals surface area contributed by atoms with Crippen LogP contribution in [0.4, 0.5) is 36.3 Å². The van der Waals surface area contributed by atoms with Crippen LogP contribution < -0.4 is 20.9 Å². The fraction of sp³-hybridized carbons (Fsp3) is 0.593. The first kappa shape index (κ1) is 27.9. The van der Waals surface area contributed by atoms with Gasteiger partial charge in [-0.1, -0.05) is 20.3 Å². The number of nitrogens with zero attached hydrogens (tertiary/aromatic N) is 4. The molecule has 8 nitrogen and oxygen atoms in total. The summed E-state index contributed by atoms with van der Waals surface area (Å²) in [5, 5.41) is 8.79. The van der Waals surface area contributed by atoms with Gasteiger partial charge in [0.2, 0.25) is 11.9 Å². The molecule has 4 rings (SSSR count). The number of rotatable bonds is 10. The summed E-state index contributed by atoms with van der Waals surface area (Å²) in [6, 6.07) is 6.11. The van der Waals surface area contributed by atoms with Crippen molar-refractivity contribution in [1.82, 2.24) is 20.2 Å². The van der Waals surface area contributed by atoms with E-state index < -0.39 is 11.7 Å². The Balaban J connectivity index is 1.44. The summed E-state index contributed by atoms with van der Waals surface area (Å²) in [5.41, 5.74) is 2.02. The zero-order valence-electron chi connectivity index (χ0n) is 22.4. The summed E-state index contributed by atoms with van der Waals surface area (Å²) in [7, 11) is 2.12. The molecule has 2 fully saturated rings. The Hall–Kier alpha value is -3.08. The fourth-order valence-electron chi connectivity index (χ4n) is 4.63. The quantitative estimate of drug-likeness (QED) is 0.377. The smallest absolute Gasteiger partial charge is 0.369 e. The fourth-order valence-corrected chi connectivity index (χ4v) is 4.63. The van der Waals surface area contributed by atoms with Gasteiger partial charge in [0.1, 0.15) is 11.4 Å². The molecule has 0 atom stereocenters.